The summed E-state index contributed by atoms with van der Waals surface area (Å²) >= 11 is 0. The van der Waals surface area contributed by atoms with Crippen LogP contribution in [0.5, 0.6) is 0 Å². The molecule has 72 valence electrons. The first-order valence-electron chi connectivity index (χ1n) is 4.06. The highest BCUT2D eigenvalue weighted by Gasteiger charge is 2.13. The average Bonchev–Trinajstić information content (AvgIpc) is 2.10. The van der Waals surface area contributed by atoms with Crippen LogP contribution in [0.3, 0.4) is 0 Å². The summed E-state index contributed by atoms with van der Waals surface area (Å²) in [4.78, 5) is 0. The molecule has 0 aliphatic carbocycles. The zero-order chi connectivity index (χ0) is 9.84. The summed E-state index contributed by atoms with van der Waals surface area (Å²) in [7, 11) is 0. The van der Waals surface area contributed by atoms with E-state index in [0.717, 1.165) is 6.07 Å². The quantitative estimate of drug-likeness (QED) is 0.747. The van der Waals surface area contributed by atoms with Gasteiger partial charge in [-0.1, -0.05) is 12.1 Å². The van der Waals surface area contributed by atoms with Gasteiger partial charge in [0.05, 0.1) is 0 Å². The minimum Gasteiger partial charge on any atom is -0.330 e. The van der Waals surface area contributed by atoms with Crippen molar-refractivity contribution in [1.82, 2.24) is 0 Å². The van der Waals surface area contributed by atoms with Gasteiger partial charge in [0.2, 0.25) is 0 Å². The fourth-order valence-electron chi connectivity index (χ4n) is 1.14. The summed E-state index contributed by atoms with van der Waals surface area (Å²) in [5.74, 6) is -1.74. The first kappa shape index (κ1) is 10.1. The minimum atomic E-state index is -0.872. The molecule has 0 heterocycles. The van der Waals surface area contributed by atoms with Gasteiger partial charge in [0.1, 0.15) is 0 Å². The van der Waals surface area contributed by atoms with Crippen molar-refractivity contribution in [3.63, 3.8) is 0 Å². The Kier molecular flexibility index (Phi) is 3.33. The van der Waals surface area contributed by atoms with Crippen LogP contribution >= 0.6 is 0 Å². The molecule has 0 saturated heterocycles. The minimum absolute atomic E-state index is 0.186. The lowest BCUT2D eigenvalue weighted by Gasteiger charge is -2.11. The first-order valence-corrected chi connectivity index (χ1v) is 4.06. The van der Waals surface area contributed by atoms with Gasteiger partial charge in [0.25, 0.3) is 0 Å². The van der Waals surface area contributed by atoms with Crippen molar-refractivity contribution in [1.29, 1.82) is 0 Å². The van der Waals surface area contributed by atoms with Gasteiger partial charge in [0.15, 0.2) is 11.6 Å². The Bertz CT molecular complexity index is 289. The molecule has 4 heteroatoms. The van der Waals surface area contributed by atoms with Gasteiger partial charge < -0.3 is 11.5 Å². The maximum Gasteiger partial charge on any atom is 0.163 e. The van der Waals surface area contributed by atoms with Gasteiger partial charge in [-0.3, -0.25) is 0 Å². The zero-order valence-corrected chi connectivity index (χ0v) is 7.13. The van der Waals surface area contributed by atoms with Gasteiger partial charge in [0, 0.05) is 11.6 Å². The normalized spacial score (nSPS) is 12.9. The zero-order valence-electron chi connectivity index (χ0n) is 7.13. The third-order valence-corrected chi connectivity index (χ3v) is 1.86. The van der Waals surface area contributed by atoms with E-state index in [4.69, 9.17) is 11.5 Å². The molecular formula is C9H12F2N2. The van der Waals surface area contributed by atoms with E-state index < -0.39 is 17.7 Å². The number of hydrogen-bond acceptors (Lipinski definition) is 2. The van der Waals surface area contributed by atoms with E-state index in [1.54, 1.807) is 0 Å². The van der Waals surface area contributed by atoms with Crippen molar-refractivity contribution in [2.24, 2.45) is 11.5 Å². The third kappa shape index (κ3) is 2.23. The van der Waals surface area contributed by atoms with Gasteiger partial charge in [-0.25, -0.2) is 8.78 Å². The molecule has 0 saturated carbocycles. The molecule has 0 aliphatic rings. The lowest BCUT2D eigenvalue weighted by atomic mass is 10.0. The largest absolute Gasteiger partial charge is 0.330 e. The van der Waals surface area contributed by atoms with Gasteiger partial charge >= 0.3 is 0 Å². The smallest absolute Gasteiger partial charge is 0.163 e. The Hall–Kier alpha value is -1.00. The molecule has 0 aromatic heterocycles. The molecule has 13 heavy (non-hydrogen) atoms. The Balaban J connectivity index is 2.93. The summed E-state index contributed by atoms with van der Waals surface area (Å²) in [6.07, 6.45) is 0.445. The van der Waals surface area contributed by atoms with Crippen LogP contribution < -0.4 is 11.5 Å². The van der Waals surface area contributed by atoms with E-state index in [1.807, 2.05) is 0 Å². The van der Waals surface area contributed by atoms with Gasteiger partial charge in [-0.05, 0) is 19.0 Å². The molecular weight excluding hydrogens is 174 g/mol. The standard InChI is InChI=1S/C9H12F2N2/c10-7-3-1-2-6(9(7)11)8(13)4-5-12/h1-3,8H,4-5,12-13H2/t8-/m0/s1. The SMILES string of the molecule is NCC[C@H](N)c1cccc(F)c1F. The van der Waals surface area contributed by atoms with Crippen molar-refractivity contribution < 1.29 is 8.78 Å². The van der Waals surface area contributed by atoms with E-state index in [9.17, 15) is 8.78 Å². The lowest BCUT2D eigenvalue weighted by Crippen LogP contribution is -2.17. The monoisotopic (exact) mass is 186 g/mol. The summed E-state index contributed by atoms with van der Waals surface area (Å²) in [5.41, 5.74) is 11.0. The van der Waals surface area contributed by atoms with Gasteiger partial charge in [-0.2, -0.15) is 0 Å². The fraction of sp³-hybridized carbons (Fsp3) is 0.333. The summed E-state index contributed by atoms with van der Waals surface area (Å²) in [6, 6.07) is 3.44. The van der Waals surface area contributed by atoms with Crippen LogP contribution in [0.4, 0.5) is 8.78 Å². The maximum atomic E-state index is 13.1. The Morgan fingerprint density at radius 1 is 1.31 bits per heavy atom. The van der Waals surface area contributed by atoms with Crippen molar-refractivity contribution in [3.05, 3.63) is 35.4 Å². The van der Waals surface area contributed by atoms with Crippen LogP contribution in [0, 0.1) is 11.6 Å². The second-order valence-electron chi connectivity index (χ2n) is 2.83. The maximum absolute atomic E-state index is 13.1. The summed E-state index contributed by atoms with van der Waals surface area (Å²) < 4.78 is 25.8. The molecule has 0 spiro atoms. The van der Waals surface area contributed by atoms with E-state index in [2.05, 4.69) is 0 Å². The highest BCUT2D eigenvalue weighted by molar-refractivity contribution is 5.22. The highest BCUT2D eigenvalue weighted by atomic mass is 19.2. The van der Waals surface area contributed by atoms with Crippen LogP contribution in [0.25, 0.3) is 0 Å². The second-order valence-corrected chi connectivity index (χ2v) is 2.83. The molecule has 0 fully saturated rings. The molecule has 1 atom stereocenters. The fourth-order valence-corrected chi connectivity index (χ4v) is 1.14. The van der Waals surface area contributed by atoms with E-state index in [-0.39, 0.29) is 5.56 Å². The summed E-state index contributed by atoms with van der Waals surface area (Å²) in [5, 5.41) is 0. The Labute approximate surface area is 75.5 Å². The van der Waals surface area contributed by atoms with Crippen LogP contribution in [-0.4, -0.2) is 6.54 Å². The van der Waals surface area contributed by atoms with Crippen molar-refractivity contribution in [2.75, 3.05) is 6.54 Å². The average molecular weight is 186 g/mol. The van der Waals surface area contributed by atoms with Crippen molar-refractivity contribution in [3.8, 4) is 0 Å². The van der Waals surface area contributed by atoms with E-state index in [1.165, 1.54) is 12.1 Å². The van der Waals surface area contributed by atoms with Gasteiger partial charge in [-0.15, -0.1) is 0 Å². The molecule has 0 amide bonds. The second kappa shape index (κ2) is 4.30. The van der Waals surface area contributed by atoms with E-state index in [0.29, 0.717) is 13.0 Å². The van der Waals surface area contributed by atoms with Crippen molar-refractivity contribution in [2.45, 2.75) is 12.5 Å². The highest BCUT2D eigenvalue weighted by Crippen LogP contribution is 2.19. The van der Waals surface area contributed by atoms with Crippen LogP contribution in [0.2, 0.25) is 0 Å². The first-order chi connectivity index (χ1) is 6.16. The predicted molar refractivity (Wildman–Crippen MR) is 47.0 cm³/mol. The van der Waals surface area contributed by atoms with Crippen LogP contribution in [-0.2, 0) is 0 Å². The molecule has 2 nitrogen and oxygen atoms in total. The van der Waals surface area contributed by atoms with Crippen LogP contribution in [0.1, 0.15) is 18.0 Å². The van der Waals surface area contributed by atoms with Crippen LogP contribution in [0.15, 0.2) is 18.2 Å². The molecule has 1 aromatic carbocycles. The lowest BCUT2D eigenvalue weighted by molar-refractivity contribution is 0.484. The molecule has 4 N–H and O–H groups in total. The molecule has 0 unspecified atom stereocenters. The Morgan fingerprint density at radius 2 is 2.00 bits per heavy atom. The van der Waals surface area contributed by atoms with Crippen molar-refractivity contribution >= 4 is 0 Å². The van der Waals surface area contributed by atoms with E-state index >= 15 is 0 Å². The predicted octanol–water partition coefficient (Wildman–Crippen LogP) is 1.31. The molecule has 1 rings (SSSR count). The molecule has 1 aromatic rings. The number of rotatable bonds is 3. The summed E-state index contributed by atoms with van der Waals surface area (Å²) in [6.45, 7) is 0.358. The number of hydrogen-bond donors (Lipinski definition) is 2. The number of halogens is 2. The Morgan fingerprint density at radius 3 is 2.62 bits per heavy atom. The molecule has 0 aliphatic heterocycles. The third-order valence-electron chi connectivity index (χ3n) is 1.86. The molecule has 0 radical (unpaired) electrons. The molecule has 0 bridgehead atoms. The topological polar surface area (TPSA) is 52.0 Å². The number of benzene rings is 1. The number of nitrogens with two attached hydrogens (primary N) is 2.